The number of rotatable bonds is 3. The van der Waals surface area contributed by atoms with E-state index in [2.05, 4.69) is 0 Å². The van der Waals surface area contributed by atoms with Crippen LogP contribution in [0.25, 0.3) is 0 Å². The third-order valence-corrected chi connectivity index (χ3v) is 3.71. The number of halogens is 2. The molecule has 7 heteroatoms. The number of amides is 1. The summed E-state index contributed by atoms with van der Waals surface area (Å²) >= 11 is 0. The van der Waals surface area contributed by atoms with Crippen LogP contribution >= 0.6 is 0 Å². The highest BCUT2D eigenvalue weighted by atomic mass is 19.3. The molecule has 5 nitrogen and oxygen atoms in total. The lowest BCUT2D eigenvalue weighted by molar-refractivity contribution is -0.185. The van der Waals surface area contributed by atoms with Crippen molar-refractivity contribution in [2.24, 2.45) is 0 Å². The van der Waals surface area contributed by atoms with Crippen LogP contribution in [0.2, 0.25) is 0 Å². The zero-order chi connectivity index (χ0) is 16.3. The van der Waals surface area contributed by atoms with Crippen molar-refractivity contribution in [1.82, 2.24) is 4.90 Å². The first-order chi connectivity index (χ1) is 10.3. The maximum Gasteiger partial charge on any atom is 0.410 e. The predicted molar refractivity (Wildman–Crippen MR) is 75.8 cm³/mol. The third-order valence-electron chi connectivity index (χ3n) is 3.71. The number of carbonyl (C=O) groups excluding carboxylic acids is 1. The van der Waals surface area contributed by atoms with E-state index in [1.807, 2.05) is 0 Å². The molecule has 2 rings (SSSR count). The summed E-state index contributed by atoms with van der Waals surface area (Å²) in [5, 5.41) is 0. The highest BCUT2D eigenvalue weighted by Crippen LogP contribution is 2.29. The molecule has 2 aliphatic heterocycles. The zero-order valence-corrected chi connectivity index (χ0v) is 13.4. The van der Waals surface area contributed by atoms with Gasteiger partial charge >= 0.3 is 6.09 Å². The highest BCUT2D eigenvalue weighted by molar-refractivity contribution is 5.69. The summed E-state index contributed by atoms with van der Waals surface area (Å²) in [6.07, 6.45) is -1.24. The van der Waals surface area contributed by atoms with Gasteiger partial charge in [0.15, 0.2) is 6.29 Å². The first-order valence-electron chi connectivity index (χ1n) is 7.81. The Labute approximate surface area is 129 Å². The fraction of sp³-hybridized carbons (Fsp3) is 0.933. The summed E-state index contributed by atoms with van der Waals surface area (Å²) in [6, 6.07) is -1.16. The van der Waals surface area contributed by atoms with Gasteiger partial charge in [0.05, 0.1) is 18.7 Å². The Balaban J connectivity index is 1.95. The van der Waals surface area contributed by atoms with Crippen LogP contribution < -0.4 is 0 Å². The summed E-state index contributed by atoms with van der Waals surface area (Å²) in [5.41, 5.74) is -0.713. The van der Waals surface area contributed by atoms with E-state index in [1.54, 1.807) is 20.8 Å². The fourth-order valence-corrected chi connectivity index (χ4v) is 2.73. The monoisotopic (exact) mass is 321 g/mol. The van der Waals surface area contributed by atoms with Gasteiger partial charge in [-0.15, -0.1) is 0 Å². The number of hydrogen-bond acceptors (Lipinski definition) is 4. The molecule has 1 amide bonds. The molecule has 128 valence electrons. The number of hydrogen-bond donors (Lipinski definition) is 0. The Kier molecular flexibility index (Phi) is 5.60. The molecular formula is C15H25F2NO4. The van der Waals surface area contributed by atoms with E-state index in [0.717, 1.165) is 24.2 Å². The average molecular weight is 321 g/mol. The van der Waals surface area contributed by atoms with Gasteiger partial charge in [0.2, 0.25) is 0 Å². The quantitative estimate of drug-likeness (QED) is 0.801. The second-order valence-electron chi connectivity index (χ2n) is 6.82. The molecule has 2 fully saturated rings. The Hall–Kier alpha value is -0.950. The van der Waals surface area contributed by atoms with Crippen molar-refractivity contribution in [3.05, 3.63) is 0 Å². The summed E-state index contributed by atoms with van der Waals surface area (Å²) in [6.45, 7) is 5.88. The molecule has 0 aliphatic carbocycles. The van der Waals surface area contributed by atoms with Crippen LogP contribution in [0.15, 0.2) is 0 Å². The second kappa shape index (κ2) is 7.08. The van der Waals surface area contributed by atoms with E-state index < -0.39 is 30.3 Å². The van der Waals surface area contributed by atoms with Crippen molar-refractivity contribution in [2.75, 3.05) is 13.2 Å². The molecular weight excluding hydrogens is 296 g/mol. The van der Waals surface area contributed by atoms with Crippen LogP contribution in [0.4, 0.5) is 13.6 Å². The predicted octanol–water partition coefficient (Wildman–Crippen LogP) is 3.17. The Bertz CT molecular complexity index is 380. The normalized spacial score (nSPS) is 29.9. The molecule has 0 aromatic rings. The molecule has 0 aromatic carbocycles. The van der Waals surface area contributed by atoms with Gasteiger partial charge in [-0.2, -0.15) is 0 Å². The molecule has 22 heavy (non-hydrogen) atoms. The van der Waals surface area contributed by atoms with E-state index in [9.17, 15) is 13.6 Å². The average Bonchev–Trinajstić information content (AvgIpc) is 2.82. The molecule has 0 bridgehead atoms. The van der Waals surface area contributed by atoms with Gasteiger partial charge in [0.1, 0.15) is 5.60 Å². The number of ether oxygens (including phenoxy) is 3. The summed E-state index contributed by atoms with van der Waals surface area (Å²) in [4.78, 5) is 13.2. The van der Waals surface area contributed by atoms with Crippen LogP contribution in [0.5, 0.6) is 0 Å². The van der Waals surface area contributed by atoms with Gasteiger partial charge in [-0.1, -0.05) is 0 Å². The topological polar surface area (TPSA) is 48.0 Å². The largest absolute Gasteiger partial charge is 0.444 e. The molecule has 0 radical (unpaired) electrons. The molecule has 3 atom stereocenters. The first kappa shape index (κ1) is 17.4. The lowest BCUT2D eigenvalue weighted by Crippen LogP contribution is -2.43. The van der Waals surface area contributed by atoms with E-state index in [-0.39, 0.29) is 19.3 Å². The Morgan fingerprint density at radius 2 is 2.05 bits per heavy atom. The molecule has 2 heterocycles. The SMILES string of the molecule is CC(C)(C)OC(=O)N1C[C@@H](OC2CCCCO2)C[C@H]1C(F)F. The summed E-state index contributed by atoms with van der Waals surface area (Å²) in [7, 11) is 0. The maximum atomic E-state index is 13.2. The number of nitrogens with zero attached hydrogens (tertiary/aromatic N) is 1. The molecule has 0 spiro atoms. The Morgan fingerprint density at radius 3 is 2.59 bits per heavy atom. The van der Waals surface area contributed by atoms with Crippen molar-refractivity contribution in [1.29, 1.82) is 0 Å². The van der Waals surface area contributed by atoms with Crippen molar-refractivity contribution < 1.29 is 27.8 Å². The van der Waals surface area contributed by atoms with E-state index in [1.165, 1.54) is 0 Å². The number of likely N-dealkylation sites (tertiary alicyclic amines) is 1. The first-order valence-corrected chi connectivity index (χ1v) is 7.81. The van der Waals surface area contributed by atoms with Crippen molar-refractivity contribution >= 4 is 6.09 Å². The summed E-state index contributed by atoms with van der Waals surface area (Å²) < 4.78 is 42.8. The van der Waals surface area contributed by atoms with Crippen LogP contribution in [0.1, 0.15) is 46.5 Å². The maximum absolute atomic E-state index is 13.2. The van der Waals surface area contributed by atoms with Crippen LogP contribution in [-0.4, -0.2) is 54.6 Å². The Morgan fingerprint density at radius 1 is 1.32 bits per heavy atom. The lowest BCUT2D eigenvalue weighted by Gasteiger charge is -2.28. The smallest absolute Gasteiger partial charge is 0.410 e. The second-order valence-corrected chi connectivity index (χ2v) is 6.82. The molecule has 1 unspecified atom stereocenters. The van der Waals surface area contributed by atoms with E-state index in [0.29, 0.717) is 6.61 Å². The third kappa shape index (κ3) is 4.78. The molecule has 0 aromatic heterocycles. The minimum absolute atomic E-state index is 0.108. The summed E-state index contributed by atoms with van der Waals surface area (Å²) in [5.74, 6) is 0. The molecule has 0 saturated carbocycles. The molecule has 0 N–H and O–H groups in total. The van der Waals surface area contributed by atoms with Crippen LogP contribution in [-0.2, 0) is 14.2 Å². The van der Waals surface area contributed by atoms with E-state index >= 15 is 0 Å². The van der Waals surface area contributed by atoms with Crippen molar-refractivity contribution in [3.8, 4) is 0 Å². The van der Waals surface area contributed by atoms with Gasteiger partial charge in [-0.3, -0.25) is 4.90 Å². The standard InChI is InChI=1S/C15H25F2NO4/c1-15(2,3)22-14(19)18-9-10(8-11(18)13(16)17)21-12-6-4-5-7-20-12/h10-13H,4-9H2,1-3H3/t10-,11-,12?/m0/s1. The number of alkyl halides is 2. The zero-order valence-electron chi connectivity index (χ0n) is 13.4. The van der Waals surface area contributed by atoms with Crippen molar-refractivity contribution in [3.63, 3.8) is 0 Å². The minimum atomic E-state index is -2.62. The molecule has 2 aliphatic rings. The van der Waals surface area contributed by atoms with Crippen LogP contribution in [0.3, 0.4) is 0 Å². The highest BCUT2D eigenvalue weighted by Gasteiger charge is 2.43. The van der Waals surface area contributed by atoms with Gasteiger partial charge in [0.25, 0.3) is 6.43 Å². The van der Waals surface area contributed by atoms with E-state index in [4.69, 9.17) is 14.2 Å². The van der Waals surface area contributed by atoms with Gasteiger partial charge in [-0.05, 0) is 40.0 Å². The van der Waals surface area contributed by atoms with Gasteiger partial charge in [0, 0.05) is 13.0 Å². The van der Waals surface area contributed by atoms with Gasteiger partial charge in [-0.25, -0.2) is 13.6 Å². The lowest BCUT2D eigenvalue weighted by atomic mass is 10.2. The fourth-order valence-electron chi connectivity index (χ4n) is 2.73. The van der Waals surface area contributed by atoms with Crippen molar-refractivity contribution in [2.45, 2.75) is 76.9 Å². The van der Waals surface area contributed by atoms with Crippen LogP contribution in [0, 0.1) is 0 Å². The number of carbonyl (C=O) groups is 1. The minimum Gasteiger partial charge on any atom is -0.444 e. The van der Waals surface area contributed by atoms with Gasteiger partial charge < -0.3 is 14.2 Å². The molecule has 2 saturated heterocycles.